The van der Waals surface area contributed by atoms with Crippen LogP contribution >= 0.6 is 0 Å². The van der Waals surface area contributed by atoms with Crippen LogP contribution in [0.15, 0.2) is 59.5 Å². The second-order valence-corrected chi connectivity index (χ2v) is 11.1. The fraction of sp³-hybridized carbons (Fsp3) is 0.500. The fourth-order valence-electron chi connectivity index (χ4n) is 4.76. The molecule has 2 aromatic carbocycles. The van der Waals surface area contributed by atoms with Crippen molar-refractivity contribution >= 4 is 15.9 Å². The molecule has 7 nitrogen and oxygen atoms in total. The van der Waals surface area contributed by atoms with Gasteiger partial charge in [0.2, 0.25) is 10.0 Å². The number of hydrogen-bond donors (Lipinski definition) is 0. The van der Waals surface area contributed by atoms with Gasteiger partial charge in [-0.15, -0.1) is 0 Å². The average Bonchev–Trinajstić information content (AvgIpc) is 2.89. The van der Waals surface area contributed by atoms with Crippen molar-refractivity contribution in [3.05, 3.63) is 60.2 Å². The van der Waals surface area contributed by atoms with Gasteiger partial charge in [-0.3, -0.25) is 9.69 Å². The van der Waals surface area contributed by atoms with Crippen LogP contribution in [-0.4, -0.2) is 80.9 Å². The smallest absolute Gasteiger partial charge is 0.253 e. The monoisotopic (exact) mass is 485 g/mol. The predicted octanol–water partition coefficient (Wildman–Crippen LogP) is 3.48. The maximum atomic E-state index is 13.2. The number of carbonyl (C=O) groups is 1. The number of nitrogens with zero attached hydrogens (tertiary/aromatic N) is 3. The molecule has 0 bridgehead atoms. The van der Waals surface area contributed by atoms with E-state index in [0.717, 1.165) is 51.1 Å². The summed E-state index contributed by atoms with van der Waals surface area (Å²) in [5.41, 5.74) is 0.430. The number of hydrogen-bond acceptors (Lipinski definition) is 5. The molecule has 1 heterocycles. The summed E-state index contributed by atoms with van der Waals surface area (Å²) >= 11 is 0. The van der Waals surface area contributed by atoms with Gasteiger partial charge in [0.15, 0.2) is 0 Å². The van der Waals surface area contributed by atoms with Crippen molar-refractivity contribution < 1.29 is 17.9 Å². The molecule has 2 fully saturated rings. The number of benzene rings is 2. The van der Waals surface area contributed by atoms with E-state index in [1.54, 1.807) is 25.2 Å². The van der Waals surface area contributed by atoms with Gasteiger partial charge in [-0.05, 0) is 43.2 Å². The summed E-state index contributed by atoms with van der Waals surface area (Å²) in [6.07, 6.45) is 5.09. The molecule has 1 aliphatic heterocycles. The van der Waals surface area contributed by atoms with Crippen molar-refractivity contribution in [3.63, 3.8) is 0 Å². The number of ether oxygens (including phenoxy) is 1. The Morgan fingerprint density at radius 1 is 0.971 bits per heavy atom. The highest BCUT2D eigenvalue weighted by Gasteiger charge is 2.30. The molecule has 0 atom stereocenters. The Bertz CT molecular complexity index is 1050. The molecule has 0 spiro atoms. The third-order valence-corrected chi connectivity index (χ3v) is 8.83. The normalized spacial score (nSPS) is 18.2. The van der Waals surface area contributed by atoms with Gasteiger partial charge in [0.1, 0.15) is 12.4 Å². The van der Waals surface area contributed by atoms with Crippen LogP contribution in [0.5, 0.6) is 5.75 Å². The van der Waals surface area contributed by atoms with Gasteiger partial charge in [-0.1, -0.05) is 43.5 Å². The third-order valence-electron chi connectivity index (χ3n) is 6.93. The lowest BCUT2D eigenvalue weighted by atomic mass is 9.96. The van der Waals surface area contributed by atoms with Crippen molar-refractivity contribution in [2.24, 2.45) is 0 Å². The summed E-state index contributed by atoms with van der Waals surface area (Å²) < 4.78 is 33.7. The lowest BCUT2D eigenvalue weighted by Crippen LogP contribution is -2.49. The quantitative estimate of drug-likeness (QED) is 0.573. The molecular formula is C26H35N3O4S. The highest BCUT2D eigenvalue weighted by Crippen LogP contribution is 2.27. The third kappa shape index (κ3) is 5.98. The Kier molecular flexibility index (Phi) is 8.24. The maximum Gasteiger partial charge on any atom is 0.253 e. The first-order valence-electron chi connectivity index (χ1n) is 12.2. The van der Waals surface area contributed by atoms with Crippen molar-refractivity contribution in [3.8, 4) is 5.75 Å². The molecule has 2 aliphatic rings. The topological polar surface area (TPSA) is 70.2 Å². The predicted molar refractivity (Wildman–Crippen MR) is 133 cm³/mol. The lowest BCUT2D eigenvalue weighted by molar-refractivity contribution is 0.0620. The Morgan fingerprint density at radius 2 is 1.68 bits per heavy atom. The first kappa shape index (κ1) is 24.7. The summed E-state index contributed by atoms with van der Waals surface area (Å²) in [6.45, 7) is 4.18. The van der Waals surface area contributed by atoms with Crippen molar-refractivity contribution in [2.45, 2.75) is 43.0 Å². The van der Waals surface area contributed by atoms with Crippen LogP contribution in [0, 0.1) is 0 Å². The highest BCUT2D eigenvalue weighted by atomic mass is 32.2. The molecular weight excluding hydrogens is 450 g/mol. The fourth-order valence-corrected chi connectivity index (χ4v) is 6.23. The van der Waals surface area contributed by atoms with Crippen LogP contribution in [0.2, 0.25) is 0 Å². The molecule has 1 amide bonds. The number of amides is 1. The second-order valence-electron chi connectivity index (χ2n) is 9.14. The number of para-hydroxylation sites is 1. The van der Waals surface area contributed by atoms with E-state index in [0.29, 0.717) is 25.3 Å². The van der Waals surface area contributed by atoms with Crippen LogP contribution in [-0.2, 0) is 10.0 Å². The molecule has 1 aliphatic carbocycles. The van der Waals surface area contributed by atoms with Crippen LogP contribution in [0.3, 0.4) is 0 Å². The van der Waals surface area contributed by atoms with Gasteiger partial charge in [-0.2, -0.15) is 4.31 Å². The Morgan fingerprint density at radius 3 is 2.38 bits per heavy atom. The number of sulfonamides is 1. The van der Waals surface area contributed by atoms with Gasteiger partial charge < -0.3 is 9.64 Å². The second kappa shape index (κ2) is 11.3. The van der Waals surface area contributed by atoms with Crippen LogP contribution in [0.1, 0.15) is 42.5 Å². The molecule has 4 rings (SSSR count). The van der Waals surface area contributed by atoms with Crippen LogP contribution in [0.4, 0.5) is 0 Å². The largest absolute Gasteiger partial charge is 0.492 e. The molecule has 0 unspecified atom stereocenters. The summed E-state index contributed by atoms with van der Waals surface area (Å²) in [6, 6.07) is 16.3. The minimum atomic E-state index is -3.63. The van der Waals surface area contributed by atoms with Crippen LogP contribution in [0.25, 0.3) is 0 Å². The van der Waals surface area contributed by atoms with Gasteiger partial charge in [0.05, 0.1) is 4.90 Å². The lowest BCUT2D eigenvalue weighted by Gasteiger charge is -2.34. The standard InChI is InChI=1S/C26H35N3O4S/c1-27(23-10-4-2-5-11-23)34(31,32)25-14-8-9-22(21-25)26(30)29-17-15-28(16-18-29)19-20-33-24-12-6-3-7-13-24/h3,6-9,12-14,21,23H,2,4-5,10-11,15-20H2,1H3. The van der Waals surface area contributed by atoms with Gasteiger partial charge >= 0.3 is 0 Å². The van der Waals surface area contributed by atoms with E-state index in [-0.39, 0.29) is 16.8 Å². The van der Waals surface area contributed by atoms with Gasteiger partial charge in [0.25, 0.3) is 5.91 Å². The molecule has 34 heavy (non-hydrogen) atoms. The maximum absolute atomic E-state index is 13.2. The van der Waals surface area contributed by atoms with Crippen molar-refractivity contribution in [1.29, 1.82) is 0 Å². The number of rotatable bonds is 8. The molecule has 2 aromatic rings. The molecule has 1 saturated carbocycles. The minimum Gasteiger partial charge on any atom is -0.492 e. The van der Waals surface area contributed by atoms with Gasteiger partial charge in [-0.25, -0.2) is 8.42 Å². The molecule has 184 valence electrons. The Hall–Kier alpha value is -2.42. The van der Waals surface area contributed by atoms with Crippen molar-refractivity contribution in [2.75, 3.05) is 46.4 Å². The summed E-state index contributed by atoms with van der Waals surface area (Å²) in [5, 5.41) is 0. The zero-order chi connectivity index (χ0) is 24.0. The summed E-state index contributed by atoms with van der Waals surface area (Å²) in [4.78, 5) is 17.4. The summed E-state index contributed by atoms with van der Waals surface area (Å²) in [7, 11) is -1.96. The Labute approximate surface area is 203 Å². The van der Waals surface area contributed by atoms with E-state index in [4.69, 9.17) is 4.74 Å². The van der Waals surface area contributed by atoms with E-state index < -0.39 is 10.0 Å². The molecule has 0 radical (unpaired) electrons. The molecule has 0 N–H and O–H groups in total. The summed E-state index contributed by atoms with van der Waals surface area (Å²) in [5.74, 6) is 0.748. The highest BCUT2D eigenvalue weighted by molar-refractivity contribution is 7.89. The number of carbonyl (C=O) groups excluding carboxylic acids is 1. The first-order valence-corrected chi connectivity index (χ1v) is 13.7. The first-order chi connectivity index (χ1) is 16.4. The van der Waals surface area contributed by atoms with E-state index in [1.165, 1.54) is 16.8 Å². The van der Waals surface area contributed by atoms with Crippen LogP contribution < -0.4 is 4.74 Å². The van der Waals surface area contributed by atoms with Gasteiger partial charge in [0, 0.05) is 51.4 Å². The van der Waals surface area contributed by atoms with E-state index in [1.807, 2.05) is 35.2 Å². The van der Waals surface area contributed by atoms with Crippen molar-refractivity contribution in [1.82, 2.24) is 14.1 Å². The minimum absolute atomic E-state index is 0.0389. The number of piperazine rings is 1. The van der Waals surface area contributed by atoms with E-state index in [9.17, 15) is 13.2 Å². The van der Waals surface area contributed by atoms with E-state index in [2.05, 4.69) is 4.90 Å². The SMILES string of the molecule is CN(C1CCCCC1)S(=O)(=O)c1cccc(C(=O)N2CCN(CCOc3ccccc3)CC2)c1. The molecule has 0 aromatic heterocycles. The molecule has 1 saturated heterocycles. The Balaban J connectivity index is 1.32. The molecule has 8 heteroatoms. The average molecular weight is 486 g/mol. The zero-order valence-electron chi connectivity index (χ0n) is 19.9. The zero-order valence-corrected chi connectivity index (χ0v) is 20.8. The van der Waals surface area contributed by atoms with E-state index >= 15 is 0 Å².